The Morgan fingerprint density at radius 3 is 1.57 bits per heavy atom. The van der Waals surface area contributed by atoms with E-state index in [-0.39, 0.29) is 37.7 Å². The number of rotatable bonds is 4. The quantitative estimate of drug-likeness (QED) is 0.167. The van der Waals surface area contributed by atoms with E-state index in [0.717, 1.165) is 0 Å². The smallest absolute Gasteiger partial charge is 0.0619 e. The van der Waals surface area contributed by atoms with Gasteiger partial charge in [0.25, 0.3) is 0 Å². The van der Waals surface area contributed by atoms with Crippen LogP contribution in [0.4, 0.5) is 0 Å². The summed E-state index contributed by atoms with van der Waals surface area (Å²) in [4.78, 5) is 0. The van der Waals surface area contributed by atoms with E-state index in [1.807, 2.05) is 0 Å². The van der Waals surface area contributed by atoms with Crippen molar-refractivity contribution in [3.05, 3.63) is 180 Å². The third-order valence-corrected chi connectivity index (χ3v) is 8.76. The molecule has 0 aliphatic carbocycles. The van der Waals surface area contributed by atoms with Crippen molar-refractivity contribution >= 4 is 75.4 Å². The van der Waals surface area contributed by atoms with Crippen LogP contribution in [0.2, 0.25) is 0 Å². The lowest BCUT2D eigenvalue weighted by molar-refractivity contribution is 1.22. The van der Waals surface area contributed by atoms with Gasteiger partial charge in [0.1, 0.15) is 0 Å². The molecule has 0 spiro atoms. The Balaban J connectivity index is 1.36. The average molecular weight is 647 g/mol. The minimum absolute atomic E-state index is 0.230. The molecule has 0 fully saturated rings. The molecule has 11 aromatic rings. The maximum atomic E-state index is 10.2. The first-order valence-electron chi connectivity index (χ1n) is 29.0. The fraction of sp³-hybridized carbons (Fsp3) is 0.0204. The monoisotopic (exact) mass is 646 g/mol. The maximum Gasteiger partial charge on any atom is 0.0636 e. The van der Waals surface area contributed by atoms with Gasteiger partial charge in [0.05, 0.1) is 38.4 Å². The normalized spacial score (nSPS) is 20.2. The molecule has 0 unspecified atom stereocenters. The largest absolute Gasteiger partial charge is 0.0636 e. The Labute approximate surface area is 323 Å². The molecule has 11 aromatic carbocycles. The van der Waals surface area contributed by atoms with Crippen LogP contribution in [0.1, 0.15) is 49.5 Å². The van der Waals surface area contributed by atoms with Crippen molar-refractivity contribution in [2.24, 2.45) is 0 Å². The summed E-state index contributed by atoms with van der Waals surface area (Å²) in [5, 5.41) is -5.96. The van der Waals surface area contributed by atoms with Gasteiger partial charge in [0.2, 0.25) is 0 Å². The summed E-state index contributed by atoms with van der Waals surface area (Å²) in [6, 6.07) is -23.1. The summed E-state index contributed by atoms with van der Waals surface area (Å²) < 4.78 is 256. The second kappa shape index (κ2) is 10.1. The summed E-state index contributed by atoms with van der Waals surface area (Å²) in [7, 11) is 0. The molecular weight excluding hydrogens is 589 g/mol. The SMILES string of the molecule is [2H]c1c([2H])c([2H])c(-c2c([2H])c(-c3c([2H])c([2H])c4c([2H])c([2H])c5c([2H])c([2H])c([2H])c6c([2H])c([2H])c3c4c56)c([2H])c3c([2H])c([2H])c([2H])c([2H])c23)c(Cc2c([2H])c([2H])c3c([2H])c([2H])c4c([2H])c([2H])c([2H])c5c([2H])c([2H])c2c3c45)c1[2H]. The molecule has 0 aromatic heterocycles. The second-order valence-electron chi connectivity index (χ2n) is 11.4. The van der Waals surface area contributed by atoms with Crippen LogP contribution in [-0.2, 0) is 6.42 Å². The average Bonchev–Trinajstić information content (AvgIpc) is 3.59. The van der Waals surface area contributed by atoms with Gasteiger partial charge in [-0.25, -0.2) is 0 Å². The first-order valence-corrected chi connectivity index (χ1v) is 15.0. The molecule has 0 atom stereocenters. The summed E-state index contributed by atoms with van der Waals surface area (Å²) in [6.45, 7) is 0. The highest BCUT2D eigenvalue weighted by Gasteiger charge is 2.17. The van der Waals surface area contributed by atoms with Crippen molar-refractivity contribution in [3.8, 4) is 22.3 Å². The fourth-order valence-corrected chi connectivity index (χ4v) is 6.61. The molecule has 0 aliphatic rings. The minimum atomic E-state index is -1.02. The molecule has 0 aliphatic heterocycles. The lowest BCUT2D eigenvalue weighted by atomic mass is 9.85. The third-order valence-electron chi connectivity index (χ3n) is 8.76. The van der Waals surface area contributed by atoms with E-state index < -0.39 is 247 Å². The van der Waals surface area contributed by atoms with E-state index in [1.165, 1.54) is 0 Å². The van der Waals surface area contributed by atoms with Crippen LogP contribution in [0.15, 0.2) is 169 Å². The van der Waals surface area contributed by atoms with Crippen molar-refractivity contribution < 1.29 is 38.4 Å². The molecule has 0 saturated carbocycles. The third kappa shape index (κ3) is 3.92. The zero-order chi connectivity index (χ0) is 56.4. The zero-order valence-corrected chi connectivity index (χ0v) is 24.7. The van der Waals surface area contributed by atoms with Crippen LogP contribution < -0.4 is 0 Å². The van der Waals surface area contributed by atoms with Crippen molar-refractivity contribution in [2.75, 3.05) is 0 Å². The predicted molar refractivity (Wildman–Crippen MR) is 211 cm³/mol. The molecule has 0 heteroatoms. The molecule has 226 valence electrons. The van der Waals surface area contributed by atoms with E-state index in [9.17, 15) is 17.8 Å². The number of fused-ring (bicyclic) bond motifs is 1. The first-order chi connectivity index (χ1) is 36.0. The maximum absolute atomic E-state index is 10.2. The minimum Gasteiger partial charge on any atom is -0.0619 e. The Kier molecular flexibility index (Phi) is 2.36. The van der Waals surface area contributed by atoms with Crippen LogP contribution >= 0.6 is 0 Å². The van der Waals surface area contributed by atoms with Crippen molar-refractivity contribution in [2.45, 2.75) is 6.42 Å². The second-order valence-corrected chi connectivity index (χ2v) is 11.4. The van der Waals surface area contributed by atoms with Crippen LogP contribution in [0.25, 0.3) is 97.7 Å². The summed E-state index contributed by atoms with van der Waals surface area (Å²) in [5.41, 5.74) is -4.00. The summed E-state index contributed by atoms with van der Waals surface area (Å²) in [5.74, 6) is 0. The highest BCUT2D eigenvalue weighted by Crippen LogP contribution is 2.43. The Morgan fingerprint density at radius 2 is 0.837 bits per heavy atom. The molecule has 0 amide bonds. The number of hydrogen-bond donors (Lipinski definition) is 0. The molecule has 0 nitrogen and oxygen atoms in total. The molecule has 11 rings (SSSR count). The molecule has 0 saturated heterocycles. The number of benzene rings is 11. The van der Waals surface area contributed by atoms with Gasteiger partial charge in [0, 0.05) is 0 Å². The number of hydrogen-bond acceptors (Lipinski definition) is 0. The molecule has 0 N–H and O–H groups in total. The lowest BCUT2D eigenvalue weighted by Crippen LogP contribution is -1.96. The highest BCUT2D eigenvalue weighted by molar-refractivity contribution is 6.26. The van der Waals surface area contributed by atoms with E-state index in [1.54, 1.807) is 0 Å². The van der Waals surface area contributed by atoms with Gasteiger partial charge in [-0.2, -0.15) is 0 Å². The van der Waals surface area contributed by atoms with Gasteiger partial charge in [-0.3, -0.25) is 0 Å². The van der Waals surface area contributed by atoms with Crippen molar-refractivity contribution in [1.29, 1.82) is 0 Å². The van der Waals surface area contributed by atoms with Gasteiger partial charge in [-0.1, -0.05) is 157 Å². The summed E-state index contributed by atoms with van der Waals surface area (Å²) in [6.07, 6.45) is -0.935. The van der Waals surface area contributed by atoms with Crippen molar-refractivity contribution in [3.63, 3.8) is 0 Å². The zero-order valence-electron chi connectivity index (χ0n) is 52.7. The molecule has 0 bridgehead atoms. The van der Waals surface area contributed by atoms with Gasteiger partial charge in [-0.15, -0.1) is 0 Å². The molecule has 0 heterocycles. The van der Waals surface area contributed by atoms with Crippen LogP contribution in [-0.4, -0.2) is 0 Å². The van der Waals surface area contributed by atoms with E-state index in [4.69, 9.17) is 20.6 Å². The van der Waals surface area contributed by atoms with Crippen LogP contribution in [0.5, 0.6) is 0 Å². The van der Waals surface area contributed by atoms with Gasteiger partial charge >= 0.3 is 0 Å². The van der Waals surface area contributed by atoms with E-state index in [0.29, 0.717) is 0 Å². The van der Waals surface area contributed by atoms with E-state index in [2.05, 4.69) is 0 Å². The van der Waals surface area contributed by atoms with E-state index >= 15 is 0 Å². The Hall–Kier alpha value is -6.24. The van der Waals surface area contributed by atoms with Crippen molar-refractivity contribution in [1.82, 2.24) is 0 Å². The fourth-order valence-electron chi connectivity index (χ4n) is 6.61. The topological polar surface area (TPSA) is 0 Å². The van der Waals surface area contributed by atoms with Gasteiger partial charge in [0.15, 0.2) is 0 Å². The van der Waals surface area contributed by atoms with Gasteiger partial charge < -0.3 is 0 Å². The summed E-state index contributed by atoms with van der Waals surface area (Å²) >= 11 is 0. The van der Waals surface area contributed by atoms with Crippen LogP contribution in [0, 0.1) is 0 Å². The molecular formula is C49H30. The molecule has 49 heavy (non-hydrogen) atoms. The predicted octanol–water partition coefficient (Wildman–Crippen LogP) is 13.6. The highest BCUT2D eigenvalue weighted by atomic mass is 14.2. The Morgan fingerprint density at radius 1 is 0.306 bits per heavy atom. The standard InChI is InChI=1S/C49H30/c1-3-13-40(36(7-1)27-38-20-19-34-17-15-30-9-5-11-32-22-25-43(38)48(34)46(30)32)45-29-39(28-37-8-2-4-14-41(37)45)42-24-21-35-18-16-31-10-6-12-33-23-26-44(42)49(35)47(31)33/h1-26,28-29H,27H2/i1D,2D,3D,4D,5D,6D,7D,8D,9D,10D,11D,12D,13D,14D,15D,16D,17D,18D,19D,20D,21D,22D,23D,24D,25D,26D,28D,29D. The first kappa shape index (κ1) is 11.4. The molecule has 0 radical (unpaired) electrons. The van der Waals surface area contributed by atoms with Gasteiger partial charge in [-0.05, 0) is 127 Å². The lowest BCUT2D eigenvalue weighted by Gasteiger charge is -2.18. The Bertz CT molecular complexity index is 4630. The van der Waals surface area contributed by atoms with Crippen LogP contribution in [0.3, 0.4) is 0 Å².